The molecule has 0 radical (unpaired) electrons. The molecule has 0 atom stereocenters. The predicted molar refractivity (Wildman–Crippen MR) is 71.0 cm³/mol. The summed E-state index contributed by atoms with van der Waals surface area (Å²) < 4.78 is 32.4. The first-order valence-corrected chi connectivity index (χ1v) is 5.81. The Kier molecular flexibility index (Phi) is 2.98. The normalized spacial score (nSPS) is 10.8. The Labute approximate surface area is 116 Å². The highest BCUT2D eigenvalue weighted by molar-refractivity contribution is 5.76. The number of fused-ring (bicyclic) bond motifs is 1. The first-order chi connectivity index (χ1) is 10.1. The van der Waals surface area contributed by atoms with Gasteiger partial charge in [-0.2, -0.15) is 4.39 Å². The molecule has 0 aliphatic rings. The van der Waals surface area contributed by atoms with E-state index in [9.17, 15) is 13.6 Å². The van der Waals surface area contributed by atoms with Crippen molar-refractivity contribution in [2.45, 2.75) is 0 Å². The number of rotatable bonds is 2. The van der Waals surface area contributed by atoms with E-state index in [4.69, 9.17) is 10.5 Å². The molecule has 0 saturated heterocycles. The van der Waals surface area contributed by atoms with Gasteiger partial charge in [0.25, 0.3) is 5.56 Å². The van der Waals surface area contributed by atoms with Crippen LogP contribution in [0, 0.1) is 11.6 Å². The largest absolute Gasteiger partial charge is 0.452 e. The summed E-state index contributed by atoms with van der Waals surface area (Å²) in [5, 5.41) is 0. The molecule has 0 amide bonds. The molecule has 0 fully saturated rings. The number of H-pyrrole nitrogens is 1. The van der Waals surface area contributed by atoms with Crippen molar-refractivity contribution in [3.05, 3.63) is 52.6 Å². The molecule has 8 heteroatoms. The van der Waals surface area contributed by atoms with E-state index in [0.717, 1.165) is 6.20 Å². The number of nitrogen functional groups attached to an aromatic ring is 1. The molecule has 3 aromatic rings. The van der Waals surface area contributed by atoms with Gasteiger partial charge >= 0.3 is 0 Å². The highest BCUT2D eigenvalue weighted by atomic mass is 19.2. The zero-order chi connectivity index (χ0) is 15.0. The lowest BCUT2D eigenvalue weighted by atomic mass is 10.2. The van der Waals surface area contributed by atoms with E-state index in [-0.39, 0.29) is 28.4 Å². The Bertz CT molecular complexity index is 895. The molecule has 0 spiro atoms. The van der Waals surface area contributed by atoms with Crippen LogP contribution in [0.4, 0.5) is 14.5 Å². The summed E-state index contributed by atoms with van der Waals surface area (Å²) in [6.07, 6.45) is 2.39. The number of aromatic nitrogens is 3. The molecule has 2 heterocycles. The predicted octanol–water partition coefficient (Wildman–Crippen LogP) is 1.97. The zero-order valence-electron chi connectivity index (χ0n) is 10.4. The number of nitrogens with two attached hydrogens (primary N) is 1. The number of aromatic amines is 1. The van der Waals surface area contributed by atoms with Gasteiger partial charge in [0, 0.05) is 12.3 Å². The number of pyridine rings is 1. The van der Waals surface area contributed by atoms with E-state index in [2.05, 4.69) is 15.0 Å². The van der Waals surface area contributed by atoms with E-state index in [1.165, 1.54) is 24.4 Å². The summed E-state index contributed by atoms with van der Waals surface area (Å²) in [4.78, 5) is 21.4. The second kappa shape index (κ2) is 4.82. The molecule has 2 aromatic heterocycles. The first kappa shape index (κ1) is 13.0. The molecule has 0 aliphatic heterocycles. The fourth-order valence-electron chi connectivity index (χ4n) is 1.75. The second-order valence-corrected chi connectivity index (χ2v) is 4.14. The highest BCUT2D eigenvalue weighted by Gasteiger charge is 2.15. The number of halogens is 2. The van der Waals surface area contributed by atoms with Crippen molar-refractivity contribution < 1.29 is 13.5 Å². The van der Waals surface area contributed by atoms with Crippen molar-refractivity contribution >= 4 is 16.9 Å². The Hall–Kier alpha value is -3.03. The van der Waals surface area contributed by atoms with Crippen molar-refractivity contribution in [1.29, 1.82) is 0 Å². The van der Waals surface area contributed by atoms with Gasteiger partial charge in [0.15, 0.2) is 23.0 Å². The van der Waals surface area contributed by atoms with Gasteiger partial charge < -0.3 is 15.5 Å². The fourth-order valence-corrected chi connectivity index (χ4v) is 1.75. The van der Waals surface area contributed by atoms with Gasteiger partial charge in [-0.25, -0.2) is 14.4 Å². The van der Waals surface area contributed by atoms with E-state index in [0.29, 0.717) is 0 Å². The maximum Gasteiger partial charge on any atom is 0.268 e. The first-order valence-electron chi connectivity index (χ1n) is 5.81. The number of nitrogens with one attached hydrogen (secondary N) is 1. The number of hydrogen-bond acceptors (Lipinski definition) is 5. The van der Waals surface area contributed by atoms with Crippen LogP contribution in [0.15, 0.2) is 35.4 Å². The van der Waals surface area contributed by atoms with Gasteiger partial charge in [-0.15, -0.1) is 0 Å². The summed E-state index contributed by atoms with van der Waals surface area (Å²) >= 11 is 0. The smallest absolute Gasteiger partial charge is 0.268 e. The Balaban J connectivity index is 2.11. The summed E-state index contributed by atoms with van der Waals surface area (Å²) in [7, 11) is 0. The van der Waals surface area contributed by atoms with E-state index < -0.39 is 17.2 Å². The molecule has 3 N–H and O–H groups in total. The Morgan fingerprint density at radius 3 is 2.71 bits per heavy atom. The van der Waals surface area contributed by atoms with Crippen LogP contribution < -0.4 is 16.0 Å². The van der Waals surface area contributed by atoms with Crippen molar-refractivity contribution in [2.24, 2.45) is 0 Å². The number of nitrogens with zero attached hydrogens (tertiary/aromatic N) is 2. The summed E-state index contributed by atoms with van der Waals surface area (Å²) in [5.74, 6) is -2.61. The van der Waals surface area contributed by atoms with Gasteiger partial charge in [0.1, 0.15) is 5.52 Å². The summed E-state index contributed by atoms with van der Waals surface area (Å²) in [5.41, 5.74) is 4.90. The zero-order valence-corrected chi connectivity index (χ0v) is 10.4. The molecule has 3 rings (SSSR count). The van der Waals surface area contributed by atoms with Crippen LogP contribution in [0.1, 0.15) is 0 Å². The van der Waals surface area contributed by atoms with Crippen molar-refractivity contribution in [3.8, 4) is 11.5 Å². The average Bonchev–Trinajstić information content (AvgIpc) is 2.48. The lowest BCUT2D eigenvalue weighted by molar-refractivity contribution is 0.419. The van der Waals surface area contributed by atoms with Gasteiger partial charge in [-0.3, -0.25) is 4.79 Å². The minimum Gasteiger partial charge on any atom is -0.452 e. The summed E-state index contributed by atoms with van der Waals surface area (Å²) in [6.45, 7) is 0. The SMILES string of the molecule is Nc1ccc(Oc2ccnc3[nH]c(=O)cnc23)c(F)c1F. The second-order valence-electron chi connectivity index (χ2n) is 4.14. The maximum absolute atomic E-state index is 13.7. The van der Waals surface area contributed by atoms with Crippen LogP contribution in [0.5, 0.6) is 11.5 Å². The number of hydrogen-bond donors (Lipinski definition) is 2. The molecule has 21 heavy (non-hydrogen) atoms. The van der Waals surface area contributed by atoms with Crippen LogP contribution in [-0.4, -0.2) is 15.0 Å². The number of benzene rings is 1. The molecular weight excluding hydrogens is 282 g/mol. The Morgan fingerprint density at radius 1 is 1.10 bits per heavy atom. The van der Waals surface area contributed by atoms with Crippen LogP contribution in [0.25, 0.3) is 11.2 Å². The van der Waals surface area contributed by atoms with Crippen LogP contribution >= 0.6 is 0 Å². The fraction of sp³-hybridized carbons (Fsp3) is 0. The third-order valence-corrected chi connectivity index (χ3v) is 2.74. The molecule has 6 nitrogen and oxygen atoms in total. The third kappa shape index (κ3) is 2.27. The molecule has 1 aromatic carbocycles. The monoisotopic (exact) mass is 290 g/mol. The number of anilines is 1. The quantitative estimate of drug-likeness (QED) is 0.704. The van der Waals surface area contributed by atoms with Gasteiger partial charge in [0.05, 0.1) is 11.9 Å². The van der Waals surface area contributed by atoms with Gasteiger partial charge in [0.2, 0.25) is 5.82 Å². The minimum atomic E-state index is -1.20. The Morgan fingerprint density at radius 2 is 1.90 bits per heavy atom. The van der Waals surface area contributed by atoms with Crippen molar-refractivity contribution in [2.75, 3.05) is 5.73 Å². The standard InChI is InChI=1S/C13H8F2N4O2/c14-10-6(16)1-2-7(11(10)15)21-8-3-4-17-13-12(8)18-5-9(20)19-13/h1-5H,16H2,(H,17,19,20). The minimum absolute atomic E-state index is 0.124. The topological polar surface area (TPSA) is 93.9 Å². The van der Waals surface area contributed by atoms with E-state index in [1.54, 1.807) is 0 Å². The molecule has 0 saturated carbocycles. The number of ether oxygens (including phenoxy) is 1. The van der Waals surface area contributed by atoms with Crippen molar-refractivity contribution in [1.82, 2.24) is 15.0 Å². The lowest BCUT2D eigenvalue weighted by Gasteiger charge is -2.09. The molecule has 106 valence electrons. The lowest BCUT2D eigenvalue weighted by Crippen LogP contribution is -2.06. The molecule has 0 unspecified atom stereocenters. The van der Waals surface area contributed by atoms with Crippen LogP contribution in [0.2, 0.25) is 0 Å². The average molecular weight is 290 g/mol. The third-order valence-electron chi connectivity index (χ3n) is 2.74. The molecule has 0 aliphatic carbocycles. The van der Waals surface area contributed by atoms with E-state index in [1.807, 2.05) is 0 Å². The van der Waals surface area contributed by atoms with Crippen LogP contribution in [-0.2, 0) is 0 Å². The molecule has 0 bridgehead atoms. The van der Waals surface area contributed by atoms with Gasteiger partial charge in [-0.05, 0) is 12.1 Å². The molecular formula is C13H8F2N4O2. The van der Waals surface area contributed by atoms with Gasteiger partial charge in [-0.1, -0.05) is 0 Å². The maximum atomic E-state index is 13.7. The summed E-state index contributed by atoms with van der Waals surface area (Å²) in [6, 6.07) is 3.81. The highest BCUT2D eigenvalue weighted by Crippen LogP contribution is 2.30. The van der Waals surface area contributed by atoms with Crippen molar-refractivity contribution in [3.63, 3.8) is 0 Å². The van der Waals surface area contributed by atoms with Crippen LogP contribution in [0.3, 0.4) is 0 Å². The van der Waals surface area contributed by atoms with E-state index >= 15 is 0 Å².